The maximum atomic E-state index is 10.7. The Kier molecular flexibility index (Phi) is 15.1. The van der Waals surface area contributed by atoms with Crippen LogP contribution >= 0.6 is 0 Å². The number of benzene rings is 3. The van der Waals surface area contributed by atoms with Crippen molar-refractivity contribution in [1.82, 2.24) is 0 Å². The van der Waals surface area contributed by atoms with Gasteiger partial charge in [0, 0.05) is 0 Å². The molecule has 0 amide bonds. The van der Waals surface area contributed by atoms with Gasteiger partial charge in [0.2, 0.25) is 0 Å². The fraction of sp³-hybridized carbons (Fsp3) is 0. The van der Waals surface area contributed by atoms with Gasteiger partial charge in [0.15, 0.2) is 0 Å². The molecule has 0 radical (unpaired) electrons. The molecule has 0 aliphatic heterocycles. The summed E-state index contributed by atoms with van der Waals surface area (Å²) in [6, 6.07) is 16.6. The van der Waals surface area contributed by atoms with E-state index in [0.717, 1.165) is 0 Å². The summed E-state index contributed by atoms with van der Waals surface area (Å²) in [5, 5.41) is 57.1. The number of para-hydroxylation sites is 3. The average molecular weight is 585 g/mol. The van der Waals surface area contributed by atoms with Gasteiger partial charge < -0.3 is 30.6 Å². The van der Waals surface area contributed by atoms with E-state index in [4.69, 9.17) is 15.3 Å². The Bertz CT molecular complexity index is 909. The van der Waals surface area contributed by atoms with Crippen LogP contribution in [0.1, 0.15) is 31.1 Å². The molecule has 3 N–H and O–H groups in total. The second-order valence-electron chi connectivity index (χ2n) is 5.40. The van der Waals surface area contributed by atoms with Crippen molar-refractivity contribution in [2.24, 2.45) is 0 Å². The summed E-state index contributed by atoms with van der Waals surface area (Å²) in [5.74, 6) is -4.87. The second kappa shape index (κ2) is 15.6. The van der Waals surface area contributed by atoms with Gasteiger partial charge in [0.1, 0.15) is 0 Å². The van der Waals surface area contributed by atoms with E-state index in [1.807, 2.05) is 0 Å². The summed E-state index contributed by atoms with van der Waals surface area (Å²) in [5.41, 5.74) is -0.535. The van der Waals surface area contributed by atoms with Crippen LogP contribution in [-0.2, 0) is 41.9 Å². The minimum absolute atomic E-state index is 0. The molecule has 3 rings (SSSR count). The third-order valence-corrected chi connectivity index (χ3v) is 3.35. The topological polar surface area (TPSA) is 181 Å². The van der Waals surface area contributed by atoms with E-state index in [2.05, 4.69) is 0 Å². The standard InChI is InChI=1S/3C7H6O3.Ag.Zn/c3*8-6-4-2-1-3-5(6)7(9)10;;/h3*1-4,8H,(H,9,10);;/q;;;+1;+2/p-3. The maximum Gasteiger partial charge on any atom is 2.00 e. The molecule has 0 heterocycles. The molecule has 0 aliphatic carbocycles. The van der Waals surface area contributed by atoms with Crippen molar-refractivity contribution in [3.63, 3.8) is 0 Å². The molecule has 166 valence electrons. The zero-order valence-electron chi connectivity index (χ0n) is 16.2. The van der Waals surface area contributed by atoms with Crippen LogP contribution in [0.25, 0.3) is 0 Å². The number of aromatic carboxylic acids is 3. The van der Waals surface area contributed by atoms with Crippen LogP contribution in [0.15, 0.2) is 72.8 Å². The summed E-state index contributed by atoms with van der Waals surface area (Å²) < 4.78 is 0. The van der Waals surface area contributed by atoms with Gasteiger partial charge in [0.25, 0.3) is 0 Å². The Morgan fingerprint density at radius 1 is 0.500 bits per heavy atom. The Labute approximate surface area is 210 Å². The molecular formula is C21H15AgO9Zn. The zero-order chi connectivity index (χ0) is 22.7. The molecule has 0 bridgehead atoms. The van der Waals surface area contributed by atoms with E-state index in [-0.39, 0.29) is 58.5 Å². The first-order valence-corrected chi connectivity index (χ1v) is 8.13. The molecule has 0 unspecified atom stereocenters. The van der Waals surface area contributed by atoms with Gasteiger partial charge in [-0.2, -0.15) is 0 Å². The van der Waals surface area contributed by atoms with Crippen LogP contribution in [0.2, 0.25) is 0 Å². The molecule has 0 spiro atoms. The SMILES string of the molecule is O=C(O)c1ccccc1[O-].O=C(O)c1ccccc1[O-].O=C(O)c1ccccc1[O-].[Ag+].[Zn+2]. The summed E-state index contributed by atoms with van der Waals surface area (Å²) in [6.45, 7) is 0. The molecule has 0 aromatic heterocycles. The fourth-order valence-corrected chi connectivity index (χ4v) is 1.93. The Morgan fingerprint density at radius 3 is 0.812 bits per heavy atom. The molecule has 11 heteroatoms. The van der Waals surface area contributed by atoms with Crippen LogP contribution in [0.5, 0.6) is 17.2 Å². The van der Waals surface area contributed by atoms with Crippen molar-refractivity contribution >= 4 is 17.9 Å². The Morgan fingerprint density at radius 2 is 0.688 bits per heavy atom. The molecule has 0 saturated carbocycles. The van der Waals surface area contributed by atoms with Gasteiger partial charge in [-0.3, -0.25) is 0 Å². The smallest absolute Gasteiger partial charge is 0.872 e. The summed E-state index contributed by atoms with van der Waals surface area (Å²) in [4.78, 5) is 30.7. The first kappa shape index (κ1) is 31.0. The van der Waals surface area contributed by atoms with Crippen molar-refractivity contribution in [3.05, 3.63) is 89.5 Å². The van der Waals surface area contributed by atoms with E-state index in [9.17, 15) is 29.7 Å². The van der Waals surface area contributed by atoms with Crippen molar-refractivity contribution in [2.75, 3.05) is 0 Å². The van der Waals surface area contributed by atoms with Crippen LogP contribution in [-0.4, -0.2) is 33.2 Å². The van der Waals surface area contributed by atoms with E-state index in [0.29, 0.717) is 0 Å². The van der Waals surface area contributed by atoms with Gasteiger partial charge >= 0.3 is 59.8 Å². The van der Waals surface area contributed by atoms with E-state index >= 15 is 0 Å². The number of carboxylic acids is 3. The largest absolute Gasteiger partial charge is 2.00 e. The van der Waals surface area contributed by atoms with Crippen molar-refractivity contribution < 1.29 is 86.9 Å². The van der Waals surface area contributed by atoms with Gasteiger partial charge in [-0.25, -0.2) is 14.4 Å². The normalized spacial score (nSPS) is 8.62. The summed E-state index contributed by atoms with van der Waals surface area (Å²) >= 11 is 0. The van der Waals surface area contributed by atoms with E-state index in [1.165, 1.54) is 72.8 Å². The minimum Gasteiger partial charge on any atom is -0.872 e. The number of hydrogen-bond donors (Lipinski definition) is 3. The molecule has 3 aromatic carbocycles. The van der Waals surface area contributed by atoms with Crippen LogP contribution in [0, 0.1) is 0 Å². The predicted molar refractivity (Wildman–Crippen MR) is 98.5 cm³/mol. The Balaban J connectivity index is 0. The van der Waals surface area contributed by atoms with Gasteiger partial charge in [-0.1, -0.05) is 71.8 Å². The molecule has 32 heavy (non-hydrogen) atoms. The third-order valence-electron chi connectivity index (χ3n) is 3.35. The second-order valence-corrected chi connectivity index (χ2v) is 5.40. The van der Waals surface area contributed by atoms with Crippen molar-refractivity contribution in [1.29, 1.82) is 0 Å². The van der Waals surface area contributed by atoms with Gasteiger partial charge in [-0.15, -0.1) is 0 Å². The summed E-state index contributed by atoms with van der Waals surface area (Å²) in [7, 11) is 0. The number of carbonyl (C=O) groups is 3. The molecule has 0 fully saturated rings. The zero-order valence-corrected chi connectivity index (χ0v) is 20.7. The van der Waals surface area contributed by atoms with Crippen LogP contribution < -0.4 is 15.3 Å². The number of rotatable bonds is 3. The molecule has 0 aliphatic rings. The first-order valence-electron chi connectivity index (χ1n) is 8.13. The molecule has 0 atom stereocenters. The van der Waals surface area contributed by atoms with Gasteiger partial charge in [0.05, 0.1) is 16.7 Å². The third kappa shape index (κ3) is 10.2. The Hall–Kier alpha value is -3.17. The van der Waals surface area contributed by atoms with E-state index in [1.54, 1.807) is 0 Å². The predicted octanol–water partition coefficient (Wildman–Crippen LogP) is 1.37. The molecule has 3 aromatic rings. The molecule has 9 nitrogen and oxygen atoms in total. The quantitative estimate of drug-likeness (QED) is 0.383. The van der Waals surface area contributed by atoms with Crippen LogP contribution in [0.4, 0.5) is 0 Å². The fourth-order valence-electron chi connectivity index (χ4n) is 1.93. The first-order chi connectivity index (χ1) is 14.1. The van der Waals surface area contributed by atoms with E-state index < -0.39 is 35.2 Å². The number of hydrogen-bond acceptors (Lipinski definition) is 6. The minimum atomic E-state index is -1.18. The average Bonchev–Trinajstić information content (AvgIpc) is 2.69. The van der Waals surface area contributed by atoms with Gasteiger partial charge in [-0.05, 0) is 18.2 Å². The monoisotopic (exact) mass is 582 g/mol. The maximum absolute atomic E-state index is 10.7. The van der Waals surface area contributed by atoms with Crippen molar-refractivity contribution in [2.45, 2.75) is 0 Å². The summed E-state index contributed by atoms with van der Waals surface area (Å²) in [6.07, 6.45) is 0. The van der Waals surface area contributed by atoms with Crippen LogP contribution in [0.3, 0.4) is 0 Å². The van der Waals surface area contributed by atoms with Crippen molar-refractivity contribution in [3.8, 4) is 17.2 Å². The molecular weight excluding hydrogens is 569 g/mol. The number of carboxylic acid groups (broad SMARTS) is 3. The molecule has 0 saturated heterocycles.